The van der Waals surface area contributed by atoms with E-state index in [0.717, 1.165) is 28.9 Å². The summed E-state index contributed by atoms with van der Waals surface area (Å²) >= 11 is 0. The van der Waals surface area contributed by atoms with Gasteiger partial charge in [0.1, 0.15) is 11.3 Å². The third-order valence-corrected chi connectivity index (χ3v) is 5.04. The number of alkyl halides is 6. The van der Waals surface area contributed by atoms with Crippen molar-refractivity contribution in [2.75, 3.05) is 0 Å². The quantitative estimate of drug-likeness (QED) is 0.414. The molecule has 4 rings (SSSR count). The molecule has 0 fully saturated rings. The zero-order chi connectivity index (χ0) is 23.4. The van der Waals surface area contributed by atoms with E-state index in [2.05, 4.69) is 15.1 Å². The largest absolute Gasteiger partial charge is 0.433 e. The summed E-state index contributed by atoms with van der Waals surface area (Å²) in [7, 11) is 0. The molecule has 166 valence electrons. The van der Waals surface area contributed by atoms with Gasteiger partial charge < -0.3 is 4.98 Å². The predicted octanol–water partition coefficient (Wildman–Crippen LogP) is 5.41. The molecule has 1 N–H and O–H groups in total. The smallest absolute Gasteiger partial charge is 0.339 e. The molecule has 11 heteroatoms. The molecule has 32 heavy (non-hydrogen) atoms. The zero-order valence-corrected chi connectivity index (χ0v) is 16.6. The van der Waals surface area contributed by atoms with Gasteiger partial charge in [-0.2, -0.15) is 36.0 Å². The zero-order valence-electron chi connectivity index (χ0n) is 16.6. The lowest BCUT2D eigenvalue weighted by molar-refractivity contribution is -0.141. The molecule has 3 aromatic heterocycles. The highest BCUT2D eigenvalue weighted by Gasteiger charge is 2.32. The number of pyridine rings is 1. The molecule has 0 spiro atoms. The lowest BCUT2D eigenvalue weighted by atomic mass is 10.0. The SMILES string of the molecule is Cc1nn2c(=O)c(C)c(-c3ccc(C(F)(F)F)nc3)[nH]c2c1-c1ccc(C(F)(F)F)cc1. The molecule has 0 saturated carbocycles. The molecule has 0 aliphatic carbocycles. The Morgan fingerprint density at radius 2 is 1.50 bits per heavy atom. The number of hydrogen-bond acceptors (Lipinski definition) is 3. The topological polar surface area (TPSA) is 63.1 Å². The molecule has 0 saturated heterocycles. The Morgan fingerprint density at radius 1 is 0.875 bits per heavy atom. The summed E-state index contributed by atoms with van der Waals surface area (Å²) in [5.74, 6) is 0. The standard InChI is InChI=1S/C21H14F6N4O/c1-10-17(13-5-8-15(28-9-13)21(25,26)27)29-18-16(11(2)30-31(18)19(10)32)12-3-6-14(7-4-12)20(22,23)24/h3-9,29H,1-2H3. The fraction of sp³-hybridized carbons (Fsp3) is 0.190. The van der Waals surface area contributed by atoms with Gasteiger partial charge in [-0.05, 0) is 43.7 Å². The van der Waals surface area contributed by atoms with Crippen molar-refractivity contribution in [3.05, 3.63) is 75.5 Å². The second-order valence-corrected chi connectivity index (χ2v) is 7.16. The highest BCUT2D eigenvalue weighted by molar-refractivity contribution is 5.81. The van der Waals surface area contributed by atoms with Crippen LogP contribution in [0, 0.1) is 13.8 Å². The number of hydrogen-bond donors (Lipinski definition) is 1. The second kappa shape index (κ2) is 7.21. The first-order valence-electron chi connectivity index (χ1n) is 9.21. The van der Waals surface area contributed by atoms with Crippen LogP contribution in [0.1, 0.15) is 22.5 Å². The minimum atomic E-state index is -4.61. The Hall–Kier alpha value is -3.63. The maximum atomic E-state index is 12.9. The van der Waals surface area contributed by atoms with Crippen molar-refractivity contribution in [3.63, 3.8) is 0 Å². The number of nitrogens with zero attached hydrogens (tertiary/aromatic N) is 3. The van der Waals surface area contributed by atoms with Gasteiger partial charge in [0, 0.05) is 22.9 Å². The first-order chi connectivity index (χ1) is 14.9. The van der Waals surface area contributed by atoms with Gasteiger partial charge in [0.05, 0.1) is 17.0 Å². The molecule has 0 amide bonds. The van der Waals surface area contributed by atoms with Crippen LogP contribution in [0.15, 0.2) is 47.4 Å². The van der Waals surface area contributed by atoms with Gasteiger partial charge in [-0.1, -0.05) is 12.1 Å². The maximum Gasteiger partial charge on any atom is 0.433 e. The highest BCUT2D eigenvalue weighted by Crippen LogP contribution is 2.34. The van der Waals surface area contributed by atoms with E-state index in [9.17, 15) is 31.1 Å². The van der Waals surface area contributed by atoms with Gasteiger partial charge in [-0.3, -0.25) is 9.78 Å². The van der Waals surface area contributed by atoms with Crippen LogP contribution in [0.2, 0.25) is 0 Å². The summed E-state index contributed by atoms with van der Waals surface area (Å²) in [6.45, 7) is 3.09. The van der Waals surface area contributed by atoms with Crippen LogP contribution < -0.4 is 5.56 Å². The molecule has 4 aromatic rings. The fourth-order valence-electron chi connectivity index (χ4n) is 3.44. The van der Waals surface area contributed by atoms with Crippen LogP contribution in [0.3, 0.4) is 0 Å². The van der Waals surface area contributed by atoms with Crippen LogP contribution in [0.5, 0.6) is 0 Å². The van der Waals surface area contributed by atoms with Crippen LogP contribution in [0.4, 0.5) is 26.3 Å². The number of fused-ring (bicyclic) bond motifs is 1. The van der Waals surface area contributed by atoms with Crippen LogP contribution >= 0.6 is 0 Å². The summed E-state index contributed by atoms with van der Waals surface area (Å²) in [4.78, 5) is 19.3. The molecule has 0 bridgehead atoms. The summed E-state index contributed by atoms with van der Waals surface area (Å²) in [5, 5.41) is 4.19. The predicted molar refractivity (Wildman–Crippen MR) is 104 cm³/mol. The number of rotatable bonds is 2. The molecule has 0 aliphatic rings. The minimum absolute atomic E-state index is 0.195. The molecule has 0 unspecified atom stereocenters. The van der Waals surface area contributed by atoms with Gasteiger partial charge in [0.25, 0.3) is 5.56 Å². The normalized spacial score (nSPS) is 12.5. The van der Waals surface area contributed by atoms with Crippen molar-refractivity contribution < 1.29 is 26.3 Å². The van der Waals surface area contributed by atoms with E-state index in [4.69, 9.17) is 0 Å². The first-order valence-corrected chi connectivity index (χ1v) is 9.21. The van der Waals surface area contributed by atoms with Gasteiger partial charge in [-0.15, -0.1) is 0 Å². The molecule has 1 aromatic carbocycles. The van der Waals surface area contributed by atoms with E-state index in [0.29, 0.717) is 16.8 Å². The van der Waals surface area contributed by atoms with E-state index in [1.807, 2.05) is 0 Å². The van der Waals surface area contributed by atoms with Gasteiger partial charge >= 0.3 is 12.4 Å². The van der Waals surface area contributed by atoms with E-state index in [-0.39, 0.29) is 22.5 Å². The Labute approximate surface area is 176 Å². The van der Waals surface area contributed by atoms with Crippen LogP contribution in [-0.4, -0.2) is 19.6 Å². The second-order valence-electron chi connectivity index (χ2n) is 7.16. The molecule has 0 aliphatic heterocycles. The first kappa shape index (κ1) is 21.6. The lowest BCUT2D eigenvalue weighted by Gasteiger charge is -2.10. The molecule has 0 radical (unpaired) electrons. The number of benzene rings is 1. The molecular formula is C21H14F6N4O. The summed E-state index contributed by atoms with van der Waals surface area (Å²) in [5.41, 5.74) is -0.366. The van der Waals surface area contributed by atoms with E-state index < -0.39 is 29.2 Å². The average Bonchev–Trinajstić information content (AvgIpc) is 3.05. The van der Waals surface area contributed by atoms with Gasteiger partial charge in [0.15, 0.2) is 0 Å². The van der Waals surface area contributed by atoms with Crippen molar-refractivity contribution >= 4 is 5.65 Å². The molecule has 0 atom stereocenters. The third kappa shape index (κ3) is 3.63. The van der Waals surface area contributed by atoms with Crippen molar-refractivity contribution in [1.29, 1.82) is 0 Å². The number of nitrogens with one attached hydrogen (secondary N) is 1. The molecular weight excluding hydrogens is 438 g/mol. The summed E-state index contributed by atoms with van der Waals surface area (Å²) in [6.07, 6.45) is -8.11. The fourth-order valence-corrected chi connectivity index (χ4v) is 3.44. The number of aromatic amines is 1. The van der Waals surface area contributed by atoms with Gasteiger partial charge in [0.2, 0.25) is 0 Å². The van der Waals surface area contributed by atoms with Crippen LogP contribution in [0.25, 0.3) is 28.0 Å². The molecule has 3 heterocycles. The summed E-state index contributed by atoms with van der Waals surface area (Å²) in [6, 6.07) is 6.37. The Balaban J connectivity index is 1.90. The molecule has 5 nitrogen and oxygen atoms in total. The monoisotopic (exact) mass is 452 g/mol. The van der Waals surface area contributed by atoms with Crippen LogP contribution in [-0.2, 0) is 12.4 Å². The number of aromatic nitrogens is 4. The Morgan fingerprint density at radius 3 is 2.03 bits per heavy atom. The number of H-pyrrole nitrogens is 1. The number of aryl methyl sites for hydroxylation is 1. The van der Waals surface area contributed by atoms with Crippen molar-refractivity contribution in [3.8, 4) is 22.4 Å². The van der Waals surface area contributed by atoms with Crippen molar-refractivity contribution in [2.24, 2.45) is 0 Å². The third-order valence-electron chi connectivity index (χ3n) is 5.04. The van der Waals surface area contributed by atoms with E-state index in [1.54, 1.807) is 6.92 Å². The minimum Gasteiger partial charge on any atom is -0.339 e. The lowest BCUT2D eigenvalue weighted by Crippen LogP contribution is -2.19. The van der Waals surface area contributed by atoms with E-state index in [1.165, 1.54) is 25.1 Å². The Kier molecular flexibility index (Phi) is 4.87. The summed E-state index contributed by atoms with van der Waals surface area (Å²) < 4.78 is 78.2. The number of halogens is 6. The van der Waals surface area contributed by atoms with E-state index >= 15 is 0 Å². The average molecular weight is 452 g/mol. The van der Waals surface area contributed by atoms with Crippen molar-refractivity contribution in [2.45, 2.75) is 26.2 Å². The highest BCUT2D eigenvalue weighted by atomic mass is 19.4. The Bertz CT molecular complexity index is 1360. The van der Waals surface area contributed by atoms with Crippen molar-refractivity contribution in [1.82, 2.24) is 19.6 Å². The maximum absolute atomic E-state index is 12.9. The van der Waals surface area contributed by atoms with Gasteiger partial charge in [-0.25, -0.2) is 0 Å².